The van der Waals surface area contributed by atoms with Gasteiger partial charge in [0.15, 0.2) is 0 Å². The second-order valence-electron chi connectivity index (χ2n) is 10.7. The number of carboxylic acids is 1. The van der Waals surface area contributed by atoms with E-state index in [9.17, 15) is 29.1 Å². The number of unbranched alkanes of at least 4 members (excludes halogenated alkanes) is 1. The third-order valence-corrected chi connectivity index (χ3v) is 7.24. The summed E-state index contributed by atoms with van der Waals surface area (Å²) >= 11 is 0. The van der Waals surface area contributed by atoms with Gasteiger partial charge < -0.3 is 43.2 Å². The molecular formula is C31H41N7O6. The van der Waals surface area contributed by atoms with E-state index < -0.39 is 53.8 Å². The van der Waals surface area contributed by atoms with Crippen LogP contribution in [0, 0.1) is 0 Å². The Morgan fingerprint density at radius 2 is 1.41 bits per heavy atom. The van der Waals surface area contributed by atoms with E-state index in [2.05, 4.69) is 20.9 Å². The van der Waals surface area contributed by atoms with Gasteiger partial charge in [-0.2, -0.15) is 0 Å². The Morgan fingerprint density at radius 1 is 0.773 bits per heavy atom. The summed E-state index contributed by atoms with van der Waals surface area (Å²) in [6, 6.07) is 12.1. The average Bonchev–Trinajstić information content (AvgIpc) is 3.41. The monoisotopic (exact) mass is 607 g/mol. The van der Waals surface area contributed by atoms with Gasteiger partial charge in [0.1, 0.15) is 18.1 Å². The molecule has 0 saturated heterocycles. The third-order valence-electron chi connectivity index (χ3n) is 7.24. The van der Waals surface area contributed by atoms with Crippen LogP contribution in [0.1, 0.15) is 43.2 Å². The van der Waals surface area contributed by atoms with Crippen LogP contribution in [-0.2, 0) is 36.8 Å². The van der Waals surface area contributed by atoms with Gasteiger partial charge in [-0.15, -0.1) is 0 Å². The van der Waals surface area contributed by atoms with Gasteiger partial charge in [-0.1, -0.05) is 48.5 Å². The van der Waals surface area contributed by atoms with Crippen molar-refractivity contribution in [3.63, 3.8) is 0 Å². The number of aromatic amines is 1. The van der Waals surface area contributed by atoms with E-state index in [0.717, 1.165) is 22.0 Å². The second kappa shape index (κ2) is 16.8. The van der Waals surface area contributed by atoms with Crippen molar-refractivity contribution >= 4 is 40.5 Å². The second-order valence-corrected chi connectivity index (χ2v) is 10.7. The van der Waals surface area contributed by atoms with E-state index >= 15 is 0 Å². The fourth-order valence-corrected chi connectivity index (χ4v) is 4.82. The number of H-pyrrole nitrogens is 1. The van der Waals surface area contributed by atoms with Gasteiger partial charge >= 0.3 is 5.97 Å². The number of fused-ring (bicyclic) bond motifs is 1. The molecule has 0 spiro atoms. The Balaban J connectivity index is 1.76. The summed E-state index contributed by atoms with van der Waals surface area (Å²) in [5.74, 6) is -3.98. The van der Waals surface area contributed by atoms with Crippen molar-refractivity contribution in [2.45, 2.75) is 69.1 Å². The molecule has 1 heterocycles. The number of amides is 4. The lowest BCUT2D eigenvalue weighted by molar-refractivity contribution is -0.142. The van der Waals surface area contributed by atoms with Crippen molar-refractivity contribution in [3.05, 3.63) is 71.9 Å². The van der Waals surface area contributed by atoms with Crippen LogP contribution in [0.5, 0.6) is 0 Å². The van der Waals surface area contributed by atoms with Crippen molar-refractivity contribution in [3.8, 4) is 0 Å². The van der Waals surface area contributed by atoms with Crippen LogP contribution in [0.3, 0.4) is 0 Å². The number of hydrogen-bond donors (Lipinski definition) is 8. The Bertz CT molecular complexity index is 1430. The van der Waals surface area contributed by atoms with E-state index in [1.807, 2.05) is 30.3 Å². The van der Waals surface area contributed by atoms with Gasteiger partial charge in [0.2, 0.25) is 23.6 Å². The number of rotatable bonds is 18. The van der Waals surface area contributed by atoms with Crippen molar-refractivity contribution < 1.29 is 29.1 Å². The van der Waals surface area contributed by atoms with Crippen LogP contribution < -0.4 is 33.2 Å². The van der Waals surface area contributed by atoms with Crippen molar-refractivity contribution in [1.82, 2.24) is 20.9 Å². The molecule has 44 heavy (non-hydrogen) atoms. The lowest BCUT2D eigenvalue weighted by Gasteiger charge is -2.25. The van der Waals surface area contributed by atoms with Crippen LogP contribution in [-0.4, -0.2) is 70.4 Å². The first kappa shape index (κ1) is 33.7. The maximum absolute atomic E-state index is 13.6. The highest BCUT2D eigenvalue weighted by Gasteiger charge is 2.30. The Hall–Kier alpha value is -4.75. The largest absolute Gasteiger partial charge is 0.480 e. The lowest BCUT2D eigenvalue weighted by atomic mass is 10.0. The predicted octanol–water partition coefficient (Wildman–Crippen LogP) is 0.214. The van der Waals surface area contributed by atoms with E-state index in [1.54, 1.807) is 30.5 Å². The summed E-state index contributed by atoms with van der Waals surface area (Å²) in [6.45, 7) is 0.361. The standard InChI is InChI=1S/C31H41N7O6/c32-15-7-6-12-24(29(41)37-25(31(43)44)13-14-27(34)39)36-30(42)26(16-19-8-2-1-3-9-19)38-28(40)22(33)17-20-18-35-23-11-5-4-10-21(20)23/h1-5,8-11,18,22,24-26,35H,6-7,12-17,32-33H2,(H2,34,39)(H,36,42)(H,37,41)(H,38,40)(H,43,44). The smallest absolute Gasteiger partial charge is 0.326 e. The van der Waals surface area contributed by atoms with Gasteiger partial charge in [0.25, 0.3) is 0 Å². The van der Waals surface area contributed by atoms with Gasteiger partial charge in [-0.3, -0.25) is 19.2 Å². The number of carbonyl (C=O) groups is 5. The molecule has 11 N–H and O–H groups in total. The molecule has 3 aromatic rings. The van der Waals surface area contributed by atoms with Crippen LogP contribution in [0.2, 0.25) is 0 Å². The molecule has 4 unspecified atom stereocenters. The molecule has 0 bridgehead atoms. The Labute approximate surface area is 255 Å². The molecule has 13 nitrogen and oxygen atoms in total. The molecule has 2 aromatic carbocycles. The minimum Gasteiger partial charge on any atom is -0.480 e. The summed E-state index contributed by atoms with van der Waals surface area (Å²) in [5.41, 5.74) is 19.6. The topological polar surface area (TPSA) is 236 Å². The quantitative estimate of drug-likeness (QED) is 0.0929. The highest BCUT2D eigenvalue weighted by Crippen LogP contribution is 2.19. The summed E-state index contributed by atoms with van der Waals surface area (Å²) < 4.78 is 0. The zero-order chi connectivity index (χ0) is 32.1. The molecule has 0 radical (unpaired) electrons. The molecule has 0 aliphatic carbocycles. The minimum atomic E-state index is -1.38. The van der Waals surface area contributed by atoms with Crippen molar-refractivity contribution in [1.29, 1.82) is 0 Å². The number of benzene rings is 2. The van der Waals surface area contributed by atoms with E-state index in [1.165, 1.54) is 0 Å². The molecule has 4 atom stereocenters. The van der Waals surface area contributed by atoms with Gasteiger partial charge in [0, 0.05) is 29.9 Å². The maximum atomic E-state index is 13.6. The summed E-state index contributed by atoms with van der Waals surface area (Å²) in [5, 5.41) is 18.3. The molecule has 0 aliphatic rings. The Morgan fingerprint density at radius 3 is 2.09 bits per heavy atom. The van der Waals surface area contributed by atoms with Crippen LogP contribution >= 0.6 is 0 Å². The Kier molecular flexibility index (Phi) is 12.9. The van der Waals surface area contributed by atoms with Gasteiger partial charge in [0.05, 0.1) is 6.04 Å². The number of aromatic nitrogens is 1. The average molecular weight is 608 g/mol. The molecule has 3 rings (SSSR count). The highest BCUT2D eigenvalue weighted by atomic mass is 16.4. The highest BCUT2D eigenvalue weighted by molar-refractivity contribution is 5.94. The molecule has 13 heteroatoms. The third kappa shape index (κ3) is 10.2. The van der Waals surface area contributed by atoms with Gasteiger partial charge in [-0.05, 0) is 55.8 Å². The number of para-hydroxylation sites is 1. The number of primary amides is 1. The molecular weight excluding hydrogens is 566 g/mol. The molecule has 0 saturated carbocycles. The zero-order valence-corrected chi connectivity index (χ0v) is 24.5. The number of hydrogen-bond acceptors (Lipinski definition) is 7. The molecule has 0 aliphatic heterocycles. The van der Waals surface area contributed by atoms with E-state index in [4.69, 9.17) is 17.2 Å². The predicted molar refractivity (Wildman–Crippen MR) is 165 cm³/mol. The summed E-state index contributed by atoms with van der Waals surface area (Å²) in [6.07, 6.45) is 2.89. The molecule has 236 valence electrons. The van der Waals surface area contributed by atoms with Crippen LogP contribution in [0.4, 0.5) is 0 Å². The first-order chi connectivity index (χ1) is 21.1. The number of aliphatic carboxylic acids is 1. The summed E-state index contributed by atoms with van der Waals surface area (Å²) in [4.78, 5) is 66.1. The molecule has 4 amide bonds. The van der Waals surface area contributed by atoms with Gasteiger partial charge in [-0.25, -0.2) is 4.79 Å². The fraction of sp³-hybridized carbons (Fsp3) is 0.387. The zero-order valence-electron chi connectivity index (χ0n) is 24.5. The number of carboxylic acid groups (broad SMARTS) is 1. The lowest BCUT2D eigenvalue weighted by Crippen LogP contribution is -2.57. The SMILES string of the molecule is NCCCCC(NC(=O)C(Cc1ccccc1)NC(=O)C(N)Cc1c[nH]c2ccccc12)C(=O)NC(CCC(N)=O)C(=O)O. The van der Waals surface area contributed by atoms with Crippen LogP contribution in [0.15, 0.2) is 60.8 Å². The van der Waals surface area contributed by atoms with Crippen molar-refractivity contribution in [2.24, 2.45) is 17.2 Å². The summed E-state index contributed by atoms with van der Waals surface area (Å²) in [7, 11) is 0. The number of nitrogens with one attached hydrogen (secondary N) is 4. The van der Waals surface area contributed by atoms with E-state index in [0.29, 0.717) is 19.4 Å². The minimum absolute atomic E-state index is 0.117. The maximum Gasteiger partial charge on any atom is 0.326 e. The molecule has 0 fully saturated rings. The van der Waals surface area contributed by atoms with Crippen molar-refractivity contribution in [2.75, 3.05) is 6.54 Å². The molecule has 1 aromatic heterocycles. The normalized spacial score (nSPS) is 13.8. The number of nitrogens with two attached hydrogens (primary N) is 3. The first-order valence-electron chi connectivity index (χ1n) is 14.6. The van der Waals surface area contributed by atoms with E-state index in [-0.39, 0.29) is 32.1 Å². The first-order valence-corrected chi connectivity index (χ1v) is 14.6. The number of carbonyl (C=O) groups excluding carboxylic acids is 4. The fourth-order valence-electron chi connectivity index (χ4n) is 4.82. The van der Waals surface area contributed by atoms with Crippen LogP contribution in [0.25, 0.3) is 10.9 Å².